The Morgan fingerprint density at radius 2 is 1.80 bits per heavy atom. The molecule has 3 heterocycles. The quantitative estimate of drug-likeness (QED) is 0.372. The molecule has 0 saturated heterocycles. The SMILES string of the molecule is CCOC(=O)c1c(C)sc(-c2c(-c3ccc(C)cc3)[nH]c3[nH]c(=O)[nH]c(=O)c23)c1O. The lowest BCUT2D eigenvalue weighted by Gasteiger charge is -2.05. The van der Waals surface area contributed by atoms with Crippen molar-refractivity contribution in [3.05, 3.63) is 61.1 Å². The molecule has 0 atom stereocenters. The van der Waals surface area contributed by atoms with E-state index in [1.807, 2.05) is 31.2 Å². The molecule has 0 amide bonds. The van der Waals surface area contributed by atoms with E-state index in [1.54, 1.807) is 13.8 Å². The van der Waals surface area contributed by atoms with Crippen LogP contribution in [0.15, 0.2) is 33.9 Å². The Kier molecular flexibility index (Phi) is 4.83. The lowest BCUT2D eigenvalue weighted by atomic mass is 10.0. The number of carbonyl (C=O) groups excluding carboxylic acids is 1. The number of H-pyrrole nitrogens is 3. The molecular weight excluding hydrogens is 406 g/mol. The number of aromatic hydroxyl groups is 1. The minimum Gasteiger partial charge on any atom is -0.505 e. The maximum Gasteiger partial charge on any atom is 0.343 e. The van der Waals surface area contributed by atoms with E-state index < -0.39 is 17.2 Å². The van der Waals surface area contributed by atoms with Gasteiger partial charge in [-0.1, -0.05) is 29.8 Å². The number of benzene rings is 1. The largest absolute Gasteiger partial charge is 0.505 e. The lowest BCUT2D eigenvalue weighted by Crippen LogP contribution is -2.21. The Balaban J connectivity index is 2.08. The molecule has 0 bridgehead atoms. The van der Waals surface area contributed by atoms with E-state index in [4.69, 9.17) is 4.74 Å². The fraction of sp³-hybridized carbons (Fsp3) is 0.190. The number of rotatable bonds is 4. The second-order valence-electron chi connectivity index (χ2n) is 6.83. The molecule has 4 rings (SSSR count). The van der Waals surface area contributed by atoms with Crippen LogP contribution in [0.3, 0.4) is 0 Å². The van der Waals surface area contributed by atoms with Crippen molar-refractivity contribution in [3.63, 3.8) is 0 Å². The topological polar surface area (TPSA) is 128 Å². The third kappa shape index (κ3) is 3.13. The molecule has 0 aliphatic rings. The van der Waals surface area contributed by atoms with E-state index in [9.17, 15) is 19.5 Å². The average Bonchev–Trinajstić information content (AvgIpc) is 3.19. The van der Waals surface area contributed by atoms with Gasteiger partial charge in [-0.05, 0) is 26.3 Å². The smallest absolute Gasteiger partial charge is 0.343 e. The number of hydrogen-bond acceptors (Lipinski definition) is 6. The van der Waals surface area contributed by atoms with Crippen molar-refractivity contribution in [1.82, 2.24) is 15.0 Å². The predicted octanol–water partition coefficient (Wildman–Crippen LogP) is 3.44. The number of hydrogen-bond donors (Lipinski definition) is 4. The van der Waals surface area contributed by atoms with Gasteiger partial charge in [0.2, 0.25) is 0 Å². The second kappa shape index (κ2) is 7.34. The number of fused-ring (bicyclic) bond motifs is 1. The number of esters is 1. The highest BCUT2D eigenvalue weighted by molar-refractivity contribution is 7.16. The van der Waals surface area contributed by atoms with Gasteiger partial charge in [0, 0.05) is 10.4 Å². The highest BCUT2D eigenvalue weighted by Crippen LogP contribution is 2.47. The Labute approximate surface area is 174 Å². The van der Waals surface area contributed by atoms with Gasteiger partial charge in [0.25, 0.3) is 5.56 Å². The normalized spacial score (nSPS) is 11.2. The average molecular weight is 425 g/mol. The molecule has 0 unspecified atom stereocenters. The molecule has 9 heteroatoms. The van der Waals surface area contributed by atoms with Crippen molar-refractivity contribution in [2.24, 2.45) is 0 Å². The lowest BCUT2D eigenvalue weighted by molar-refractivity contribution is 0.0523. The maximum absolute atomic E-state index is 12.7. The van der Waals surface area contributed by atoms with Gasteiger partial charge in [0.15, 0.2) is 0 Å². The Bertz CT molecular complexity index is 1390. The molecule has 154 valence electrons. The molecule has 4 N–H and O–H groups in total. The van der Waals surface area contributed by atoms with Gasteiger partial charge in [-0.3, -0.25) is 14.8 Å². The van der Waals surface area contributed by atoms with Gasteiger partial charge >= 0.3 is 11.7 Å². The summed E-state index contributed by atoms with van der Waals surface area (Å²) >= 11 is 1.18. The van der Waals surface area contributed by atoms with Gasteiger partial charge < -0.3 is 14.8 Å². The van der Waals surface area contributed by atoms with E-state index in [0.29, 0.717) is 21.0 Å². The third-order valence-corrected chi connectivity index (χ3v) is 5.91. The fourth-order valence-electron chi connectivity index (χ4n) is 3.44. The van der Waals surface area contributed by atoms with Gasteiger partial charge in [-0.15, -0.1) is 11.3 Å². The molecule has 1 aromatic carbocycles. The van der Waals surface area contributed by atoms with Crippen molar-refractivity contribution in [2.45, 2.75) is 20.8 Å². The molecule has 0 fully saturated rings. The number of nitrogens with one attached hydrogen (secondary N) is 3. The highest BCUT2D eigenvalue weighted by atomic mass is 32.1. The number of ether oxygens (including phenoxy) is 1. The third-order valence-electron chi connectivity index (χ3n) is 4.80. The molecule has 0 radical (unpaired) electrons. The zero-order valence-electron chi connectivity index (χ0n) is 16.5. The molecule has 4 aromatic rings. The van der Waals surface area contributed by atoms with Crippen molar-refractivity contribution >= 4 is 28.3 Å². The molecule has 3 aromatic heterocycles. The van der Waals surface area contributed by atoms with Crippen LogP contribution in [-0.2, 0) is 4.74 Å². The monoisotopic (exact) mass is 425 g/mol. The summed E-state index contributed by atoms with van der Waals surface area (Å²) in [5.74, 6) is -0.884. The van der Waals surface area contributed by atoms with Crippen molar-refractivity contribution in [3.8, 4) is 27.4 Å². The van der Waals surface area contributed by atoms with Gasteiger partial charge in [-0.25, -0.2) is 9.59 Å². The van der Waals surface area contributed by atoms with Crippen LogP contribution in [0.2, 0.25) is 0 Å². The van der Waals surface area contributed by atoms with Crippen molar-refractivity contribution in [2.75, 3.05) is 6.61 Å². The first-order valence-corrected chi connectivity index (χ1v) is 10.1. The van der Waals surface area contributed by atoms with Crippen LogP contribution in [0, 0.1) is 13.8 Å². The summed E-state index contributed by atoms with van der Waals surface area (Å²) in [5.41, 5.74) is 1.84. The van der Waals surface area contributed by atoms with E-state index in [-0.39, 0.29) is 29.0 Å². The number of aromatic nitrogens is 3. The number of thiophene rings is 1. The van der Waals surface area contributed by atoms with E-state index in [1.165, 1.54) is 11.3 Å². The minimum absolute atomic E-state index is 0.0712. The van der Waals surface area contributed by atoms with Crippen LogP contribution in [-0.4, -0.2) is 32.6 Å². The van der Waals surface area contributed by atoms with Crippen LogP contribution in [0.1, 0.15) is 27.7 Å². The number of aromatic amines is 3. The molecular formula is C21H19N3O5S. The second-order valence-corrected chi connectivity index (χ2v) is 8.06. The first kappa shape index (κ1) is 19.7. The first-order chi connectivity index (χ1) is 14.3. The number of carbonyl (C=O) groups is 1. The van der Waals surface area contributed by atoms with E-state index in [2.05, 4.69) is 15.0 Å². The summed E-state index contributed by atoms with van der Waals surface area (Å²) < 4.78 is 5.06. The Morgan fingerprint density at radius 1 is 1.10 bits per heavy atom. The summed E-state index contributed by atoms with van der Waals surface area (Å²) in [6.45, 7) is 5.51. The molecule has 0 aliphatic carbocycles. The molecule has 8 nitrogen and oxygen atoms in total. The fourth-order valence-corrected chi connectivity index (χ4v) is 4.53. The van der Waals surface area contributed by atoms with Gasteiger partial charge in [0.1, 0.15) is 17.0 Å². The molecule has 0 aliphatic heterocycles. The number of aryl methyl sites for hydroxylation is 2. The molecule has 0 saturated carbocycles. The first-order valence-electron chi connectivity index (χ1n) is 9.27. The Hall–Kier alpha value is -3.59. The van der Waals surface area contributed by atoms with Crippen molar-refractivity contribution < 1.29 is 14.6 Å². The zero-order chi connectivity index (χ0) is 21.6. The summed E-state index contributed by atoms with van der Waals surface area (Å²) in [6, 6.07) is 7.58. The van der Waals surface area contributed by atoms with Gasteiger partial charge in [0.05, 0.1) is 22.6 Å². The summed E-state index contributed by atoms with van der Waals surface area (Å²) in [6.07, 6.45) is 0. The van der Waals surface area contributed by atoms with Crippen LogP contribution in [0.4, 0.5) is 0 Å². The standard InChI is InChI=1S/C21H19N3O5S/c1-4-29-20(27)12-10(3)30-17(16(12)25)13-14-18(23-21(28)24-19(14)26)22-15(13)11-7-5-9(2)6-8-11/h5-8,25H,4H2,1-3H3,(H3,22,23,24,26,28). The van der Waals surface area contributed by atoms with Gasteiger partial charge in [-0.2, -0.15) is 0 Å². The predicted molar refractivity (Wildman–Crippen MR) is 115 cm³/mol. The minimum atomic E-state index is -0.644. The molecule has 0 spiro atoms. The molecule has 30 heavy (non-hydrogen) atoms. The van der Waals surface area contributed by atoms with Crippen LogP contribution in [0.25, 0.3) is 32.7 Å². The van der Waals surface area contributed by atoms with Crippen LogP contribution in [0.5, 0.6) is 5.75 Å². The van der Waals surface area contributed by atoms with Crippen LogP contribution < -0.4 is 11.2 Å². The summed E-state index contributed by atoms with van der Waals surface area (Å²) in [5, 5.41) is 11.1. The summed E-state index contributed by atoms with van der Waals surface area (Å²) in [7, 11) is 0. The van der Waals surface area contributed by atoms with E-state index >= 15 is 0 Å². The maximum atomic E-state index is 12.7. The Morgan fingerprint density at radius 3 is 2.47 bits per heavy atom. The zero-order valence-corrected chi connectivity index (χ0v) is 17.3. The summed E-state index contributed by atoms with van der Waals surface area (Å²) in [4.78, 5) is 45.6. The van der Waals surface area contributed by atoms with E-state index in [0.717, 1.165) is 11.1 Å². The highest BCUT2D eigenvalue weighted by Gasteiger charge is 2.28. The van der Waals surface area contributed by atoms with Crippen LogP contribution >= 0.6 is 11.3 Å². The van der Waals surface area contributed by atoms with Crippen molar-refractivity contribution in [1.29, 1.82) is 0 Å².